The first-order valence-corrected chi connectivity index (χ1v) is 7.55. The average Bonchev–Trinajstić information content (AvgIpc) is 2.70. The molecule has 5 nitrogen and oxygen atoms in total. The molecule has 1 saturated heterocycles. The molecule has 1 fully saturated rings. The number of rotatable bonds is 2. The van der Waals surface area contributed by atoms with Gasteiger partial charge in [-0.1, -0.05) is 0 Å². The topological polar surface area (TPSA) is 58.4 Å². The third-order valence-electron chi connectivity index (χ3n) is 4.55. The minimum atomic E-state index is -0.482. The van der Waals surface area contributed by atoms with E-state index in [0.717, 1.165) is 5.46 Å². The summed E-state index contributed by atoms with van der Waals surface area (Å²) in [7, 11) is -0.482. The molecule has 1 aliphatic rings. The summed E-state index contributed by atoms with van der Waals surface area (Å²) in [6.45, 7) is 9.81. The molecule has 2 aromatic heterocycles. The largest absolute Gasteiger partial charge is 0.502 e. The van der Waals surface area contributed by atoms with Gasteiger partial charge in [0.25, 0.3) is 0 Å². The molecule has 3 heterocycles. The van der Waals surface area contributed by atoms with E-state index in [1.807, 2.05) is 34.6 Å². The van der Waals surface area contributed by atoms with E-state index in [0.29, 0.717) is 17.1 Å². The zero-order valence-corrected chi connectivity index (χ0v) is 14.0. The van der Waals surface area contributed by atoms with Crippen LogP contribution >= 0.6 is 0 Å². The molecule has 0 saturated carbocycles. The molecule has 0 bridgehead atoms. The Morgan fingerprint density at radius 1 is 1.09 bits per heavy atom. The van der Waals surface area contributed by atoms with Crippen molar-refractivity contribution < 1.29 is 18.7 Å². The quantitative estimate of drug-likeness (QED) is 0.792. The zero-order valence-electron chi connectivity index (χ0n) is 14.0. The summed E-state index contributed by atoms with van der Waals surface area (Å²) in [4.78, 5) is 11.5. The van der Waals surface area contributed by atoms with Gasteiger partial charge in [0, 0.05) is 0 Å². The minimum absolute atomic E-state index is 0.393. The minimum Gasteiger partial charge on any atom is -0.399 e. The van der Waals surface area contributed by atoms with Gasteiger partial charge >= 0.3 is 12.9 Å². The van der Waals surface area contributed by atoms with E-state index >= 15 is 0 Å². The highest BCUT2D eigenvalue weighted by Crippen LogP contribution is 2.36. The fraction of sp³-hybridized carbons (Fsp3) is 0.438. The number of aromatic nitrogens is 3. The first-order chi connectivity index (χ1) is 10.7. The van der Waals surface area contributed by atoms with Crippen LogP contribution in [0.3, 0.4) is 0 Å². The Kier molecular flexibility index (Phi) is 3.73. The number of halogens is 1. The lowest BCUT2D eigenvalue weighted by Gasteiger charge is -2.32. The summed E-state index contributed by atoms with van der Waals surface area (Å²) in [5.74, 6) is 0.158. The maximum absolute atomic E-state index is 13.4. The van der Waals surface area contributed by atoms with E-state index in [9.17, 15) is 4.39 Å². The Morgan fingerprint density at radius 3 is 2.30 bits per heavy atom. The summed E-state index contributed by atoms with van der Waals surface area (Å²) >= 11 is 0. The highest BCUT2D eigenvalue weighted by Gasteiger charge is 2.52. The van der Waals surface area contributed by atoms with Crippen molar-refractivity contribution >= 4 is 12.6 Å². The van der Waals surface area contributed by atoms with Crippen molar-refractivity contribution in [1.29, 1.82) is 0 Å². The molecule has 0 amide bonds. The lowest BCUT2D eigenvalue weighted by Crippen LogP contribution is -2.41. The third kappa shape index (κ3) is 2.86. The average molecular weight is 316 g/mol. The SMILES string of the molecule is Cc1ncc(F)cc1-c1ncc(B2OC(C)(C)C(C)(C)O2)c[nH+]1. The van der Waals surface area contributed by atoms with Gasteiger partial charge in [-0.3, -0.25) is 4.98 Å². The first-order valence-electron chi connectivity index (χ1n) is 7.55. The molecule has 1 N–H and O–H groups in total. The normalized spacial score (nSPS) is 19.1. The van der Waals surface area contributed by atoms with Crippen LogP contribution < -0.4 is 10.4 Å². The van der Waals surface area contributed by atoms with Gasteiger partial charge in [0.15, 0.2) is 0 Å². The Morgan fingerprint density at radius 2 is 1.74 bits per heavy atom. The molecule has 23 heavy (non-hydrogen) atoms. The molecule has 0 spiro atoms. The van der Waals surface area contributed by atoms with Crippen LogP contribution in [-0.4, -0.2) is 28.3 Å². The van der Waals surface area contributed by atoms with Crippen molar-refractivity contribution in [3.63, 3.8) is 0 Å². The second-order valence-electron chi connectivity index (χ2n) is 6.77. The first kappa shape index (κ1) is 16.0. The van der Waals surface area contributed by atoms with Crippen LogP contribution in [0.2, 0.25) is 0 Å². The number of pyridine rings is 1. The lowest BCUT2D eigenvalue weighted by atomic mass is 9.81. The Bertz CT molecular complexity index is 719. The standard InChI is InChI=1S/C16H19BFN3O2/c1-10-13(6-12(18)9-19-10)14-20-7-11(8-21-14)17-22-15(2,3)16(4,5)23-17/h6-9H,1-5H3/p+1. The van der Waals surface area contributed by atoms with Crippen molar-refractivity contribution in [1.82, 2.24) is 9.97 Å². The molecule has 0 aromatic carbocycles. The van der Waals surface area contributed by atoms with E-state index in [1.165, 1.54) is 12.3 Å². The maximum Gasteiger partial charge on any atom is 0.502 e. The van der Waals surface area contributed by atoms with Crippen molar-refractivity contribution in [2.45, 2.75) is 45.8 Å². The number of H-pyrrole nitrogens is 1. The van der Waals surface area contributed by atoms with Crippen LogP contribution in [0.1, 0.15) is 33.4 Å². The zero-order chi connectivity index (χ0) is 16.8. The highest BCUT2D eigenvalue weighted by atomic mass is 19.1. The second-order valence-corrected chi connectivity index (χ2v) is 6.77. The van der Waals surface area contributed by atoms with Crippen LogP contribution in [0.25, 0.3) is 11.4 Å². The van der Waals surface area contributed by atoms with Crippen LogP contribution in [0.15, 0.2) is 24.7 Å². The molecule has 7 heteroatoms. The van der Waals surface area contributed by atoms with Gasteiger partial charge in [-0.2, -0.15) is 0 Å². The summed E-state index contributed by atoms with van der Waals surface area (Å²) in [5, 5.41) is 0. The molecule has 0 unspecified atom stereocenters. The molecule has 0 radical (unpaired) electrons. The van der Waals surface area contributed by atoms with Crippen molar-refractivity contribution in [2.75, 3.05) is 0 Å². The monoisotopic (exact) mass is 316 g/mol. The van der Waals surface area contributed by atoms with Gasteiger partial charge < -0.3 is 9.31 Å². The van der Waals surface area contributed by atoms with Gasteiger partial charge in [0.1, 0.15) is 12.0 Å². The van der Waals surface area contributed by atoms with Crippen LogP contribution in [0, 0.1) is 12.7 Å². The van der Waals surface area contributed by atoms with Crippen molar-refractivity contribution in [3.05, 3.63) is 36.2 Å². The number of aryl methyl sites for hydroxylation is 1. The van der Waals surface area contributed by atoms with Gasteiger partial charge in [-0.05, 0) is 45.7 Å². The smallest absolute Gasteiger partial charge is 0.399 e. The molecule has 1 aliphatic heterocycles. The number of hydrogen-bond acceptors (Lipinski definition) is 4. The fourth-order valence-corrected chi connectivity index (χ4v) is 2.37. The summed E-state index contributed by atoms with van der Waals surface area (Å²) < 4.78 is 25.4. The molecular formula is C16H20BFN3O2+. The predicted molar refractivity (Wildman–Crippen MR) is 84.4 cm³/mol. The van der Waals surface area contributed by atoms with Gasteiger partial charge in [-0.25, -0.2) is 9.37 Å². The van der Waals surface area contributed by atoms with E-state index < -0.39 is 24.1 Å². The Labute approximate surface area is 135 Å². The second kappa shape index (κ2) is 5.35. The number of nitrogens with one attached hydrogen (secondary N) is 1. The number of aromatic amines is 1. The Balaban J connectivity index is 1.88. The molecular weight excluding hydrogens is 296 g/mol. The predicted octanol–water partition coefficient (Wildman–Crippen LogP) is 1.70. The molecule has 0 atom stereocenters. The van der Waals surface area contributed by atoms with Crippen LogP contribution in [-0.2, 0) is 9.31 Å². The molecule has 120 valence electrons. The number of nitrogens with zero attached hydrogens (tertiary/aromatic N) is 2. The van der Waals surface area contributed by atoms with E-state index in [-0.39, 0.29) is 0 Å². The summed E-state index contributed by atoms with van der Waals surface area (Å²) in [6.07, 6.45) is 4.64. The molecule has 3 rings (SSSR count). The van der Waals surface area contributed by atoms with Crippen molar-refractivity contribution in [2.24, 2.45) is 0 Å². The molecule has 2 aromatic rings. The van der Waals surface area contributed by atoms with Crippen molar-refractivity contribution in [3.8, 4) is 11.4 Å². The molecule has 0 aliphatic carbocycles. The fourth-order valence-electron chi connectivity index (χ4n) is 2.37. The van der Waals surface area contributed by atoms with E-state index in [4.69, 9.17) is 9.31 Å². The lowest BCUT2D eigenvalue weighted by molar-refractivity contribution is -0.367. The van der Waals surface area contributed by atoms with Gasteiger partial charge in [0.05, 0.1) is 40.3 Å². The van der Waals surface area contributed by atoms with E-state index in [2.05, 4.69) is 15.0 Å². The van der Waals surface area contributed by atoms with E-state index in [1.54, 1.807) is 12.4 Å². The van der Waals surface area contributed by atoms with Crippen LogP contribution in [0.4, 0.5) is 4.39 Å². The summed E-state index contributed by atoms with van der Waals surface area (Å²) in [6, 6.07) is 1.41. The van der Waals surface area contributed by atoms with Gasteiger partial charge in [0.2, 0.25) is 0 Å². The maximum atomic E-state index is 13.4. The van der Waals surface area contributed by atoms with Crippen LogP contribution in [0.5, 0.6) is 0 Å². The third-order valence-corrected chi connectivity index (χ3v) is 4.55. The highest BCUT2D eigenvalue weighted by molar-refractivity contribution is 6.61. The summed E-state index contributed by atoms with van der Waals surface area (Å²) in [5.41, 5.74) is 1.32. The Hall–Kier alpha value is -1.86. The number of hydrogen-bond donors (Lipinski definition) is 0. The van der Waals surface area contributed by atoms with Gasteiger partial charge in [-0.15, -0.1) is 0 Å².